The summed E-state index contributed by atoms with van der Waals surface area (Å²) in [5.41, 5.74) is 1.06. The topological polar surface area (TPSA) is 49.7 Å². The van der Waals surface area contributed by atoms with E-state index in [4.69, 9.17) is 0 Å². The Morgan fingerprint density at radius 2 is 1.86 bits per heavy atom. The first-order valence-electron chi connectivity index (χ1n) is 4.04. The second kappa shape index (κ2) is 4.35. The minimum atomic E-state index is -0.0772. The lowest BCUT2D eigenvalue weighted by atomic mass is 10.2. The summed E-state index contributed by atoms with van der Waals surface area (Å²) < 4.78 is 0. The number of amides is 1. The number of isocyanates is 1. The average Bonchev–Trinajstić information content (AvgIpc) is 2.18. The third-order valence-electron chi connectivity index (χ3n) is 1.70. The van der Waals surface area contributed by atoms with E-state index in [1.54, 1.807) is 38.4 Å². The smallest absolute Gasteiger partial charge is 0.253 e. The van der Waals surface area contributed by atoms with Gasteiger partial charge in [0.2, 0.25) is 6.08 Å². The fourth-order valence-electron chi connectivity index (χ4n) is 0.989. The van der Waals surface area contributed by atoms with Gasteiger partial charge in [-0.2, -0.15) is 4.99 Å². The predicted molar refractivity (Wildman–Crippen MR) is 52.2 cm³/mol. The largest absolute Gasteiger partial charge is 0.345 e. The van der Waals surface area contributed by atoms with Gasteiger partial charge in [-0.05, 0) is 24.3 Å². The number of hydrogen-bond acceptors (Lipinski definition) is 3. The summed E-state index contributed by atoms with van der Waals surface area (Å²) in [6.07, 6.45) is 1.44. The van der Waals surface area contributed by atoms with Crippen LogP contribution in [-0.4, -0.2) is 31.0 Å². The normalized spacial score (nSPS) is 9.00. The number of carbonyl (C=O) groups is 1. The number of hydrogen-bond donors (Lipinski definition) is 0. The van der Waals surface area contributed by atoms with Crippen LogP contribution in [0, 0.1) is 0 Å². The Morgan fingerprint density at radius 3 is 2.29 bits per heavy atom. The molecule has 0 saturated carbocycles. The third kappa shape index (κ3) is 2.28. The molecule has 0 aliphatic heterocycles. The van der Waals surface area contributed by atoms with Crippen LogP contribution in [0.3, 0.4) is 0 Å². The van der Waals surface area contributed by atoms with Crippen LogP contribution >= 0.6 is 0 Å². The van der Waals surface area contributed by atoms with Crippen LogP contribution in [0.1, 0.15) is 10.4 Å². The number of carbonyl (C=O) groups excluding carboxylic acids is 2. The van der Waals surface area contributed by atoms with Crippen LogP contribution in [0.5, 0.6) is 0 Å². The molecular formula is C10H10N2O2. The standard InChI is InChI=1S/C10H10N2O2/c1-12(2)10(14)8-3-5-9(6-4-8)11-7-13/h3-6H,1-2H3. The van der Waals surface area contributed by atoms with E-state index in [1.807, 2.05) is 0 Å². The van der Waals surface area contributed by atoms with Crippen molar-refractivity contribution in [3.8, 4) is 0 Å². The molecule has 4 nitrogen and oxygen atoms in total. The second-order valence-corrected chi connectivity index (χ2v) is 2.95. The van der Waals surface area contributed by atoms with Gasteiger partial charge in [-0.3, -0.25) is 4.79 Å². The molecule has 0 atom stereocenters. The van der Waals surface area contributed by atoms with E-state index in [2.05, 4.69) is 4.99 Å². The summed E-state index contributed by atoms with van der Waals surface area (Å²) >= 11 is 0. The van der Waals surface area contributed by atoms with Gasteiger partial charge in [0.15, 0.2) is 0 Å². The molecule has 0 aromatic heterocycles. The lowest BCUT2D eigenvalue weighted by Gasteiger charge is -2.09. The maximum atomic E-state index is 11.4. The molecule has 72 valence electrons. The van der Waals surface area contributed by atoms with E-state index in [9.17, 15) is 9.59 Å². The summed E-state index contributed by atoms with van der Waals surface area (Å²) in [5.74, 6) is -0.0772. The van der Waals surface area contributed by atoms with Crippen molar-refractivity contribution in [2.24, 2.45) is 4.99 Å². The van der Waals surface area contributed by atoms with Crippen molar-refractivity contribution in [3.63, 3.8) is 0 Å². The Bertz CT molecular complexity index is 376. The molecule has 0 radical (unpaired) electrons. The van der Waals surface area contributed by atoms with E-state index >= 15 is 0 Å². The average molecular weight is 190 g/mol. The van der Waals surface area contributed by atoms with E-state index < -0.39 is 0 Å². The minimum absolute atomic E-state index is 0.0772. The summed E-state index contributed by atoms with van der Waals surface area (Å²) in [6, 6.07) is 6.44. The summed E-state index contributed by atoms with van der Waals surface area (Å²) in [7, 11) is 3.36. The highest BCUT2D eigenvalue weighted by molar-refractivity contribution is 5.94. The van der Waals surface area contributed by atoms with E-state index in [0.29, 0.717) is 11.3 Å². The summed E-state index contributed by atoms with van der Waals surface area (Å²) in [6.45, 7) is 0. The lowest BCUT2D eigenvalue weighted by molar-refractivity contribution is 0.0827. The Hall–Kier alpha value is -1.93. The molecular weight excluding hydrogens is 180 g/mol. The van der Waals surface area contributed by atoms with Gasteiger partial charge in [0, 0.05) is 19.7 Å². The van der Waals surface area contributed by atoms with Gasteiger partial charge < -0.3 is 4.90 Å². The molecule has 0 unspecified atom stereocenters. The molecule has 0 bridgehead atoms. The molecule has 1 aromatic rings. The zero-order valence-corrected chi connectivity index (χ0v) is 8.02. The van der Waals surface area contributed by atoms with Gasteiger partial charge in [-0.15, -0.1) is 0 Å². The zero-order valence-electron chi connectivity index (χ0n) is 8.02. The SMILES string of the molecule is CN(C)C(=O)c1ccc(N=C=O)cc1. The van der Waals surface area contributed by atoms with Crippen molar-refractivity contribution in [2.45, 2.75) is 0 Å². The Balaban J connectivity index is 2.93. The number of aliphatic imine (C=N–C) groups is 1. The van der Waals surface area contributed by atoms with Crippen LogP contribution in [0.4, 0.5) is 5.69 Å². The number of benzene rings is 1. The molecule has 0 spiro atoms. The van der Waals surface area contributed by atoms with Crippen LogP contribution in [0.25, 0.3) is 0 Å². The van der Waals surface area contributed by atoms with Crippen LogP contribution in [-0.2, 0) is 4.79 Å². The van der Waals surface area contributed by atoms with Gasteiger partial charge in [0.25, 0.3) is 5.91 Å². The van der Waals surface area contributed by atoms with Crippen LogP contribution in [0.2, 0.25) is 0 Å². The highest BCUT2D eigenvalue weighted by atomic mass is 16.2. The van der Waals surface area contributed by atoms with Gasteiger partial charge in [-0.25, -0.2) is 4.79 Å². The van der Waals surface area contributed by atoms with Gasteiger partial charge in [0.05, 0.1) is 5.69 Å². The Kier molecular flexibility index (Phi) is 3.15. The third-order valence-corrected chi connectivity index (χ3v) is 1.70. The van der Waals surface area contributed by atoms with Crippen molar-refractivity contribution >= 4 is 17.7 Å². The molecule has 1 amide bonds. The molecule has 0 heterocycles. The number of nitrogens with zero attached hydrogens (tertiary/aromatic N) is 2. The van der Waals surface area contributed by atoms with Crippen molar-refractivity contribution in [3.05, 3.63) is 29.8 Å². The van der Waals surface area contributed by atoms with E-state index in [0.717, 1.165) is 0 Å². The Morgan fingerprint density at radius 1 is 1.29 bits per heavy atom. The van der Waals surface area contributed by atoms with Crippen molar-refractivity contribution in [1.29, 1.82) is 0 Å². The molecule has 14 heavy (non-hydrogen) atoms. The molecule has 0 fully saturated rings. The van der Waals surface area contributed by atoms with Crippen LogP contribution < -0.4 is 0 Å². The molecule has 0 aliphatic carbocycles. The quantitative estimate of drug-likeness (QED) is 0.522. The fraction of sp³-hybridized carbons (Fsp3) is 0.200. The van der Waals surface area contributed by atoms with Gasteiger partial charge in [0.1, 0.15) is 0 Å². The monoisotopic (exact) mass is 190 g/mol. The fourth-order valence-corrected chi connectivity index (χ4v) is 0.989. The van der Waals surface area contributed by atoms with Crippen molar-refractivity contribution in [2.75, 3.05) is 14.1 Å². The minimum Gasteiger partial charge on any atom is -0.345 e. The van der Waals surface area contributed by atoms with Gasteiger partial charge in [-0.1, -0.05) is 0 Å². The van der Waals surface area contributed by atoms with Crippen molar-refractivity contribution in [1.82, 2.24) is 4.90 Å². The van der Waals surface area contributed by atoms with Gasteiger partial charge >= 0.3 is 0 Å². The predicted octanol–water partition coefficient (Wildman–Crippen LogP) is 1.36. The number of rotatable bonds is 2. The molecule has 0 aliphatic rings. The second-order valence-electron chi connectivity index (χ2n) is 2.95. The molecule has 1 aromatic carbocycles. The lowest BCUT2D eigenvalue weighted by Crippen LogP contribution is -2.21. The molecule has 1 rings (SSSR count). The van der Waals surface area contributed by atoms with Crippen molar-refractivity contribution < 1.29 is 9.59 Å². The first kappa shape index (κ1) is 10.2. The Labute approximate surface area is 81.9 Å². The first-order valence-corrected chi connectivity index (χ1v) is 4.04. The maximum absolute atomic E-state index is 11.4. The summed E-state index contributed by atoms with van der Waals surface area (Å²) in [4.78, 5) is 26.3. The summed E-state index contributed by atoms with van der Waals surface area (Å²) in [5, 5.41) is 0. The highest BCUT2D eigenvalue weighted by Crippen LogP contribution is 2.12. The maximum Gasteiger partial charge on any atom is 0.253 e. The van der Waals surface area contributed by atoms with E-state index in [1.165, 1.54) is 11.0 Å². The van der Waals surface area contributed by atoms with E-state index in [-0.39, 0.29) is 5.91 Å². The molecule has 0 saturated heterocycles. The highest BCUT2D eigenvalue weighted by Gasteiger charge is 2.06. The first-order chi connectivity index (χ1) is 6.65. The molecule has 4 heteroatoms. The van der Waals surface area contributed by atoms with Crippen LogP contribution in [0.15, 0.2) is 29.3 Å². The molecule has 0 N–H and O–H groups in total. The zero-order chi connectivity index (χ0) is 10.6.